The van der Waals surface area contributed by atoms with E-state index in [1.807, 2.05) is 18.4 Å². The highest BCUT2D eigenvalue weighted by Crippen LogP contribution is 2.28. The molecule has 12 heteroatoms. The summed E-state index contributed by atoms with van der Waals surface area (Å²) in [6.07, 6.45) is 1.65. The second-order valence-corrected chi connectivity index (χ2v) is 11.1. The molecule has 0 unspecified atom stereocenters. The van der Waals surface area contributed by atoms with Crippen LogP contribution in [-0.4, -0.2) is 70.2 Å². The Labute approximate surface area is 171 Å². The van der Waals surface area contributed by atoms with E-state index < -0.39 is 10.0 Å². The molecule has 8 nitrogen and oxygen atoms in total. The first-order valence-electron chi connectivity index (χ1n) is 8.34. The molecule has 2 aromatic heterocycles. The van der Waals surface area contributed by atoms with Crippen LogP contribution in [-0.2, 0) is 14.8 Å². The van der Waals surface area contributed by atoms with Crippen molar-refractivity contribution in [2.75, 3.05) is 31.9 Å². The summed E-state index contributed by atoms with van der Waals surface area (Å²) < 4.78 is 29.2. The van der Waals surface area contributed by atoms with Gasteiger partial charge in [-0.05, 0) is 26.0 Å². The summed E-state index contributed by atoms with van der Waals surface area (Å²) in [6.45, 7) is 5.33. The van der Waals surface area contributed by atoms with Gasteiger partial charge in [0.05, 0.1) is 10.1 Å². The summed E-state index contributed by atoms with van der Waals surface area (Å²) in [7, 11) is -3.55. The number of halogens is 1. The Morgan fingerprint density at radius 1 is 1.30 bits per heavy atom. The van der Waals surface area contributed by atoms with Gasteiger partial charge in [0, 0.05) is 32.2 Å². The monoisotopic (exact) mass is 449 g/mol. The predicted molar refractivity (Wildman–Crippen MR) is 106 cm³/mol. The van der Waals surface area contributed by atoms with E-state index in [2.05, 4.69) is 10.2 Å². The van der Waals surface area contributed by atoms with Gasteiger partial charge >= 0.3 is 0 Å². The average Bonchev–Trinajstić information content (AvgIpc) is 3.29. The fraction of sp³-hybridized carbons (Fsp3) is 0.533. The van der Waals surface area contributed by atoms with Gasteiger partial charge in [0.2, 0.25) is 5.91 Å². The second-order valence-electron chi connectivity index (χ2n) is 6.25. The van der Waals surface area contributed by atoms with Crippen molar-refractivity contribution in [1.29, 1.82) is 0 Å². The van der Waals surface area contributed by atoms with Gasteiger partial charge in [-0.1, -0.05) is 23.4 Å². The highest BCUT2D eigenvalue weighted by Gasteiger charge is 2.31. The van der Waals surface area contributed by atoms with Gasteiger partial charge < -0.3 is 9.47 Å². The molecule has 0 radical (unpaired) electrons. The van der Waals surface area contributed by atoms with Gasteiger partial charge in [-0.25, -0.2) is 8.42 Å². The Bertz CT molecular complexity index is 903. The minimum Gasteiger partial charge on any atom is -0.339 e. The SMILES string of the molecule is CC(C)n1cnnc1SCC(=O)N1CCN(S(=O)(=O)c2ccc(Cl)s2)CC1. The van der Waals surface area contributed by atoms with E-state index in [0.29, 0.717) is 22.6 Å². The number of nitrogens with zero attached hydrogens (tertiary/aromatic N) is 5. The number of carbonyl (C=O) groups is 1. The van der Waals surface area contributed by atoms with E-state index in [1.165, 1.54) is 22.1 Å². The average molecular weight is 450 g/mol. The number of amides is 1. The second kappa shape index (κ2) is 8.48. The zero-order valence-electron chi connectivity index (χ0n) is 14.9. The first kappa shape index (κ1) is 20.6. The summed E-state index contributed by atoms with van der Waals surface area (Å²) in [4.78, 5) is 14.2. The molecule has 1 amide bonds. The maximum Gasteiger partial charge on any atom is 0.252 e. The molecule has 1 fully saturated rings. The number of thiophene rings is 1. The Hall–Kier alpha value is -1.14. The van der Waals surface area contributed by atoms with E-state index in [1.54, 1.807) is 17.3 Å². The van der Waals surface area contributed by atoms with Gasteiger partial charge in [0.25, 0.3) is 10.0 Å². The third kappa shape index (κ3) is 4.65. The maximum atomic E-state index is 12.6. The maximum absolute atomic E-state index is 12.6. The number of piperazine rings is 1. The van der Waals surface area contributed by atoms with E-state index in [0.717, 1.165) is 11.3 Å². The molecular formula is C15H20ClN5O3S3. The van der Waals surface area contributed by atoms with Crippen molar-refractivity contribution in [1.82, 2.24) is 24.0 Å². The molecule has 2 aromatic rings. The zero-order valence-corrected chi connectivity index (χ0v) is 18.1. The molecular weight excluding hydrogens is 430 g/mol. The fourth-order valence-electron chi connectivity index (χ4n) is 2.65. The number of rotatable bonds is 6. The standard InChI is InChI=1S/C15H20ClN5O3S3/c1-11(2)21-10-17-18-15(21)25-9-13(22)19-5-7-20(8-6-19)27(23,24)14-4-3-12(16)26-14/h3-4,10-11H,5-9H2,1-2H3. The molecule has 1 aliphatic heterocycles. The van der Waals surface area contributed by atoms with Gasteiger partial charge in [-0.15, -0.1) is 21.5 Å². The quantitative estimate of drug-likeness (QED) is 0.628. The van der Waals surface area contributed by atoms with Gasteiger partial charge in [0.1, 0.15) is 10.5 Å². The summed E-state index contributed by atoms with van der Waals surface area (Å²) in [5.41, 5.74) is 0. The molecule has 0 N–H and O–H groups in total. The molecule has 1 saturated heterocycles. The molecule has 148 valence electrons. The van der Waals surface area contributed by atoms with Crippen LogP contribution in [0.1, 0.15) is 19.9 Å². The van der Waals surface area contributed by atoms with Crippen LogP contribution in [0.15, 0.2) is 27.8 Å². The van der Waals surface area contributed by atoms with E-state index in [9.17, 15) is 13.2 Å². The summed E-state index contributed by atoms with van der Waals surface area (Å²) in [5, 5.41) is 8.63. The molecule has 1 aliphatic rings. The van der Waals surface area contributed by atoms with Crippen LogP contribution in [0.5, 0.6) is 0 Å². The van der Waals surface area contributed by atoms with Crippen molar-refractivity contribution in [2.45, 2.75) is 29.3 Å². The smallest absolute Gasteiger partial charge is 0.252 e. The fourth-order valence-corrected chi connectivity index (χ4v) is 6.65. The molecule has 0 atom stereocenters. The number of hydrogen-bond donors (Lipinski definition) is 0. The highest BCUT2D eigenvalue weighted by molar-refractivity contribution is 7.99. The Balaban J connectivity index is 1.54. The van der Waals surface area contributed by atoms with Crippen LogP contribution in [0.25, 0.3) is 0 Å². The predicted octanol–water partition coefficient (Wildman–Crippen LogP) is 2.20. The van der Waals surface area contributed by atoms with E-state index >= 15 is 0 Å². The van der Waals surface area contributed by atoms with Crippen LogP contribution in [0, 0.1) is 0 Å². The Kier molecular flexibility index (Phi) is 6.46. The molecule has 3 rings (SSSR count). The molecule has 0 bridgehead atoms. The summed E-state index contributed by atoms with van der Waals surface area (Å²) in [6, 6.07) is 3.31. The first-order chi connectivity index (χ1) is 12.8. The summed E-state index contributed by atoms with van der Waals surface area (Å²) >= 11 is 8.23. The van der Waals surface area contributed by atoms with E-state index in [-0.39, 0.29) is 35.0 Å². The minimum absolute atomic E-state index is 0.0328. The third-order valence-corrected chi connectivity index (χ3v) is 8.69. The number of hydrogen-bond acceptors (Lipinski definition) is 7. The van der Waals surface area contributed by atoms with Crippen LogP contribution in [0.2, 0.25) is 4.34 Å². The molecule has 27 heavy (non-hydrogen) atoms. The molecule has 0 spiro atoms. The molecule has 3 heterocycles. The highest BCUT2D eigenvalue weighted by atomic mass is 35.5. The minimum atomic E-state index is -3.55. The van der Waals surface area contributed by atoms with Crippen LogP contribution in [0.3, 0.4) is 0 Å². The van der Waals surface area contributed by atoms with E-state index in [4.69, 9.17) is 11.6 Å². The summed E-state index contributed by atoms with van der Waals surface area (Å²) in [5.74, 6) is 0.216. The van der Waals surface area contributed by atoms with Crippen LogP contribution >= 0.6 is 34.7 Å². The van der Waals surface area contributed by atoms with Crippen molar-refractivity contribution < 1.29 is 13.2 Å². The Morgan fingerprint density at radius 2 is 2.00 bits per heavy atom. The largest absolute Gasteiger partial charge is 0.339 e. The number of thioether (sulfide) groups is 1. The van der Waals surface area contributed by atoms with Crippen molar-refractivity contribution >= 4 is 50.6 Å². The van der Waals surface area contributed by atoms with Crippen molar-refractivity contribution in [2.24, 2.45) is 0 Å². The molecule has 0 saturated carbocycles. The number of sulfonamides is 1. The van der Waals surface area contributed by atoms with Crippen molar-refractivity contribution in [3.05, 3.63) is 22.8 Å². The normalized spacial score (nSPS) is 16.2. The van der Waals surface area contributed by atoms with Gasteiger partial charge in [-0.3, -0.25) is 4.79 Å². The lowest BCUT2D eigenvalue weighted by Gasteiger charge is -2.33. The zero-order chi connectivity index (χ0) is 19.6. The molecule has 0 aromatic carbocycles. The lowest BCUT2D eigenvalue weighted by Crippen LogP contribution is -2.50. The topological polar surface area (TPSA) is 88.4 Å². The number of aromatic nitrogens is 3. The van der Waals surface area contributed by atoms with Gasteiger partial charge in [-0.2, -0.15) is 4.31 Å². The van der Waals surface area contributed by atoms with Crippen molar-refractivity contribution in [3.8, 4) is 0 Å². The van der Waals surface area contributed by atoms with Crippen LogP contribution < -0.4 is 0 Å². The Morgan fingerprint density at radius 3 is 2.59 bits per heavy atom. The van der Waals surface area contributed by atoms with Crippen LogP contribution in [0.4, 0.5) is 0 Å². The lowest BCUT2D eigenvalue weighted by atomic mass is 10.3. The molecule has 0 aliphatic carbocycles. The number of carbonyl (C=O) groups excluding carboxylic acids is 1. The third-order valence-electron chi connectivity index (χ3n) is 4.16. The van der Waals surface area contributed by atoms with Crippen molar-refractivity contribution in [3.63, 3.8) is 0 Å². The first-order valence-corrected chi connectivity index (χ1v) is 12.0. The lowest BCUT2D eigenvalue weighted by molar-refractivity contribution is -0.129. The van der Waals surface area contributed by atoms with Gasteiger partial charge in [0.15, 0.2) is 5.16 Å².